The molecule has 0 bridgehead atoms. The molecule has 1 N–H and O–H groups in total. The number of thiazole rings is 1. The van der Waals surface area contributed by atoms with E-state index in [2.05, 4.69) is 10.3 Å². The fourth-order valence-electron chi connectivity index (χ4n) is 2.65. The van der Waals surface area contributed by atoms with E-state index in [0.717, 1.165) is 28.3 Å². The van der Waals surface area contributed by atoms with Gasteiger partial charge >= 0.3 is 5.97 Å². The van der Waals surface area contributed by atoms with Crippen molar-refractivity contribution in [3.8, 4) is 11.3 Å². The minimum absolute atomic E-state index is 0.0944. The minimum atomic E-state index is -0.666. The van der Waals surface area contributed by atoms with Crippen molar-refractivity contribution >= 4 is 34.1 Å². The lowest BCUT2D eigenvalue weighted by Gasteiger charge is -2.05. The van der Waals surface area contributed by atoms with Crippen molar-refractivity contribution in [3.63, 3.8) is 0 Å². The SMILES string of the molecule is Cc1sc(NC(=O)CCC(=O)OCC(=O)c2ccc(F)cc2)nc1-c1ccccc1. The molecule has 0 saturated heterocycles. The van der Waals surface area contributed by atoms with Crippen molar-refractivity contribution in [1.82, 2.24) is 4.98 Å². The highest BCUT2D eigenvalue weighted by atomic mass is 32.1. The molecular weight excluding hydrogens is 407 g/mol. The molecule has 30 heavy (non-hydrogen) atoms. The second-order valence-corrected chi connectivity index (χ2v) is 7.63. The molecule has 8 heteroatoms. The summed E-state index contributed by atoms with van der Waals surface area (Å²) in [5.74, 6) is -1.94. The first-order valence-electron chi connectivity index (χ1n) is 9.19. The number of ether oxygens (including phenoxy) is 1. The molecule has 1 heterocycles. The van der Waals surface area contributed by atoms with Gasteiger partial charge in [-0.1, -0.05) is 30.3 Å². The van der Waals surface area contributed by atoms with Gasteiger partial charge in [0.2, 0.25) is 5.91 Å². The number of ketones is 1. The van der Waals surface area contributed by atoms with E-state index < -0.39 is 24.2 Å². The summed E-state index contributed by atoms with van der Waals surface area (Å²) in [6.45, 7) is 1.46. The van der Waals surface area contributed by atoms with Crippen LogP contribution < -0.4 is 5.32 Å². The highest BCUT2D eigenvalue weighted by molar-refractivity contribution is 7.16. The Hall–Kier alpha value is -3.39. The number of halogens is 1. The third-order valence-electron chi connectivity index (χ3n) is 4.18. The van der Waals surface area contributed by atoms with Crippen LogP contribution in [-0.2, 0) is 14.3 Å². The lowest BCUT2D eigenvalue weighted by molar-refractivity contribution is -0.143. The number of carbonyl (C=O) groups excluding carboxylic acids is 3. The molecule has 2 aromatic carbocycles. The van der Waals surface area contributed by atoms with E-state index in [1.165, 1.54) is 23.5 Å². The molecule has 3 rings (SSSR count). The smallest absolute Gasteiger partial charge is 0.306 e. The number of esters is 1. The number of nitrogens with one attached hydrogen (secondary N) is 1. The van der Waals surface area contributed by atoms with Crippen LogP contribution in [0.25, 0.3) is 11.3 Å². The molecule has 0 aliphatic rings. The minimum Gasteiger partial charge on any atom is -0.457 e. The van der Waals surface area contributed by atoms with Gasteiger partial charge in [0.25, 0.3) is 0 Å². The Morgan fingerprint density at radius 1 is 1.03 bits per heavy atom. The summed E-state index contributed by atoms with van der Waals surface area (Å²) >= 11 is 1.35. The molecule has 0 fully saturated rings. The molecule has 3 aromatic rings. The highest BCUT2D eigenvalue weighted by Gasteiger charge is 2.15. The molecule has 0 radical (unpaired) electrons. The Labute approximate surface area is 176 Å². The molecule has 0 atom stereocenters. The molecule has 0 aliphatic carbocycles. The van der Waals surface area contributed by atoms with Crippen LogP contribution in [0.4, 0.5) is 9.52 Å². The lowest BCUT2D eigenvalue weighted by Crippen LogP contribution is -2.17. The zero-order valence-corrected chi connectivity index (χ0v) is 17.0. The normalized spacial score (nSPS) is 10.5. The summed E-state index contributed by atoms with van der Waals surface area (Å²) in [6, 6.07) is 14.6. The first-order valence-corrected chi connectivity index (χ1v) is 10.0. The van der Waals surface area contributed by atoms with E-state index >= 15 is 0 Å². The topological polar surface area (TPSA) is 85.4 Å². The Balaban J connectivity index is 1.45. The summed E-state index contributed by atoms with van der Waals surface area (Å²) in [5, 5.41) is 3.14. The van der Waals surface area contributed by atoms with E-state index in [9.17, 15) is 18.8 Å². The van der Waals surface area contributed by atoms with Crippen LogP contribution in [0.15, 0.2) is 54.6 Å². The van der Waals surface area contributed by atoms with Crippen molar-refractivity contribution in [3.05, 3.63) is 70.9 Å². The number of carbonyl (C=O) groups is 3. The number of nitrogens with zero attached hydrogens (tertiary/aromatic N) is 1. The molecule has 1 aromatic heterocycles. The largest absolute Gasteiger partial charge is 0.457 e. The van der Waals surface area contributed by atoms with Gasteiger partial charge in [0.1, 0.15) is 5.82 Å². The predicted molar refractivity (Wildman–Crippen MR) is 112 cm³/mol. The summed E-state index contributed by atoms with van der Waals surface area (Å²) < 4.78 is 17.8. The van der Waals surface area contributed by atoms with Crippen LogP contribution in [0.2, 0.25) is 0 Å². The number of Topliss-reactive ketones (excluding diaryl/α,β-unsaturated/α-hetero) is 1. The van der Waals surface area contributed by atoms with Crippen molar-refractivity contribution < 1.29 is 23.5 Å². The zero-order valence-electron chi connectivity index (χ0n) is 16.2. The molecule has 154 valence electrons. The average molecular weight is 426 g/mol. The third-order valence-corrected chi connectivity index (χ3v) is 5.06. The Morgan fingerprint density at radius 2 is 1.73 bits per heavy atom. The number of benzene rings is 2. The van der Waals surface area contributed by atoms with Crippen LogP contribution in [0.5, 0.6) is 0 Å². The predicted octanol–water partition coefficient (Wildman–Crippen LogP) is 4.40. The first kappa shape index (κ1) is 21.3. The first-order chi connectivity index (χ1) is 14.4. The van der Waals surface area contributed by atoms with Gasteiger partial charge in [0.05, 0.1) is 12.1 Å². The number of hydrogen-bond donors (Lipinski definition) is 1. The highest BCUT2D eigenvalue weighted by Crippen LogP contribution is 2.30. The van der Waals surface area contributed by atoms with Crippen molar-refractivity contribution in [2.45, 2.75) is 19.8 Å². The number of hydrogen-bond acceptors (Lipinski definition) is 6. The second kappa shape index (κ2) is 9.89. The number of rotatable bonds is 8. The molecule has 0 saturated carbocycles. The quantitative estimate of drug-likeness (QED) is 0.426. The van der Waals surface area contributed by atoms with Gasteiger partial charge in [-0.3, -0.25) is 14.4 Å². The average Bonchev–Trinajstić information content (AvgIpc) is 3.11. The van der Waals surface area contributed by atoms with E-state index in [0.29, 0.717) is 5.13 Å². The number of anilines is 1. The number of aromatic nitrogens is 1. The zero-order chi connectivity index (χ0) is 21.5. The molecule has 0 aliphatic heterocycles. The molecule has 0 spiro atoms. The van der Waals surface area contributed by atoms with Crippen molar-refractivity contribution in [2.75, 3.05) is 11.9 Å². The maximum atomic E-state index is 12.9. The summed E-state index contributed by atoms with van der Waals surface area (Å²) in [7, 11) is 0. The van der Waals surface area contributed by atoms with Gasteiger partial charge in [-0.2, -0.15) is 0 Å². The Bertz CT molecular complexity index is 1050. The maximum absolute atomic E-state index is 12.9. The van der Waals surface area contributed by atoms with Crippen LogP contribution in [0.3, 0.4) is 0 Å². The third kappa shape index (κ3) is 5.81. The summed E-state index contributed by atoms with van der Waals surface area (Å²) in [5.41, 5.74) is 2.01. The Morgan fingerprint density at radius 3 is 2.43 bits per heavy atom. The van der Waals surface area contributed by atoms with Crippen LogP contribution in [0, 0.1) is 12.7 Å². The monoisotopic (exact) mass is 426 g/mol. The van der Waals surface area contributed by atoms with E-state index in [1.54, 1.807) is 0 Å². The second-order valence-electron chi connectivity index (χ2n) is 6.43. The molecule has 6 nitrogen and oxygen atoms in total. The summed E-state index contributed by atoms with van der Waals surface area (Å²) in [4.78, 5) is 41.2. The van der Waals surface area contributed by atoms with Gasteiger partial charge in [-0.25, -0.2) is 9.37 Å². The molecule has 0 unspecified atom stereocenters. The number of amides is 1. The molecular formula is C22H19FN2O4S. The van der Waals surface area contributed by atoms with Crippen LogP contribution in [-0.4, -0.2) is 29.3 Å². The van der Waals surface area contributed by atoms with Crippen LogP contribution in [0.1, 0.15) is 28.1 Å². The molecule has 1 amide bonds. The number of aryl methyl sites for hydroxylation is 1. The maximum Gasteiger partial charge on any atom is 0.306 e. The van der Waals surface area contributed by atoms with Gasteiger partial charge in [0.15, 0.2) is 17.5 Å². The van der Waals surface area contributed by atoms with Gasteiger partial charge < -0.3 is 10.1 Å². The van der Waals surface area contributed by atoms with Crippen molar-refractivity contribution in [1.29, 1.82) is 0 Å². The van der Waals surface area contributed by atoms with Gasteiger partial charge in [-0.05, 0) is 31.2 Å². The van der Waals surface area contributed by atoms with E-state index in [4.69, 9.17) is 4.74 Å². The standard InChI is InChI=1S/C22H19FN2O4S/c1-14-21(16-5-3-2-4-6-16)25-22(30-14)24-19(27)11-12-20(28)29-13-18(26)15-7-9-17(23)10-8-15/h2-10H,11-13H2,1H3,(H,24,25,27). The van der Waals surface area contributed by atoms with Crippen molar-refractivity contribution in [2.24, 2.45) is 0 Å². The summed E-state index contributed by atoms with van der Waals surface area (Å²) in [6.07, 6.45) is -0.263. The van der Waals surface area contributed by atoms with E-state index in [1.807, 2.05) is 37.3 Å². The van der Waals surface area contributed by atoms with Crippen LogP contribution >= 0.6 is 11.3 Å². The van der Waals surface area contributed by atoms with Gasteiger partial charge in [0, 0.05) is 22.4 Å². The lowest BCUT2D eigenvalue weighted by atomic mass is 10.1. The fourth-order valence-corrected chi connectivity index (χ4v) is 3.50. The van der Waals surface area contributed by atoms with E-state index in [-0.39, 0.29) is 24.3 Å². The van der Waals surface area contributed by atoms with Gasteiger partial charge in [-0.15, -0.1) is 11.3 Å². The Kier molecular flexibility index (Phi) is 7.03. The fraction of sp³-hybridized carbons (Fsp3) is 0.182.